The molecule has 0 unspecified atom stereocenters. The van der Waals surface area contributed by atoms with Crippen molar-refractivity contribution in [1.29, 1.82) is 0 Å². The minimum absolute atomic E-state index is 0.0336. The number of halogens is 3. The standard InChI is InChI=1S/C18H14F3N3O2S/c19-18(20,21)12-23-16(14-4-2-1-3-5-14)10-22-17(23)27-11-13-6-8-15(9-7-13)24(25)26/h1-10H,11-12H2. The molecule has 1 aromatic heterocycles. The molecule has 27 heavy (non-hydrogen) atoms. The summed E-state index contributed by atoms with van der Waals surface area (Å²) < 4.78 is 40.3. The van der Waals surface area contributed by atoms with E-state index in [1.165, 1.54) is 18.3 Å². The van der Waals surface area contributed by atoms with Crippen LogP contribution < -0.4 is 0 Å². The molecule has 0 amide bonds. The molecule has 0 bridgehead atoms. The molecule has 0 N–H and O–H groups in total. The first-order valence-corrected chi connectivity index (χ1v) is 8.86. The average Bonchev–Trinajstić information content (AvgIpc) is 3.02. The maximum atomic E-state index is 13.1. The Morgan fingerprint density at radius 3 is 2.33 bits per heavy atom. The summed E-state index contributed by atoms with van der Waals surface area (Å²) >= 11 is 1.15. The fourth-order valence-corrected chi connectivity index (χ4v) is 3.44. The molecular formula is C18H14F3N3O2S. The van der Waals surface area contributed by atoms with Crippen molar-refractivity contribution in [2.75, 3.05) is 0 Å². The van der Waals surface area contributed by atoms with Gasteiger partial charge in [-0.05, 0) is 11.1 Å². The summed E-state index contributed by atoms with van der Waals surface area (Å²) in [6.45, 7) is -1.14. The van der Waals surface area contributed by atoms with Gasteiger partial charge in [0.2, 0.25) is 0 Å². The van der Waals surface area contributed by atoms with Crippen LogP contribution in [0, 0.1) is 10.1 Å². The number of nitro groups is 1. The Bertz CT molecular complexity index is 925. The van der Waals surface area contributed by atoms with Crippen molar-refractivity contribution in [3.05, 3.63) is 76.5 Å². The second-order valence-corrected chi connectivity index (χ2v) is 6.65. The van der Waals surface area contributed by atoms with Gasteiger partial charge in [-0.3, -0.25) is 10.1 Å². The topological polar surface area (TPSA) is 61.0 Å². The molecule has 0 spiro atoms. The van der Waals surface area contributed by atoms with Crippen molar-refractivity contribution >= 4 is 17.4 Å². The number of hydrogen-bond donors (Lipinski definition) is 0. The molecule has 0 aliphatic carbocycles. The molecule has 0 saturated heterocycles. The van der Waals surface area contributed by atoms with E-state index >= 15 is 0 Å². The number of rotatable bonds is 6. The summed E-state index contributed by atoms with van der Waals surface area (Å²) in [5.41, 5.74) is 1.76. The van der Waals surface area contributed by atoms with Crippen LogP contribution in [0.5, 0.6) is 0 Å². The number of aromatic nitrogens is 2. The second kappa shape index (κ2) is 7.83. The van der Waals surface area contributed by atoms with Crippen LogP contribution in [0.2, 0.25) is 0 Å². The lowest BCUT2D eigenvalue weighted by atomic mass is 10.2. The van der Waals surface area contributed by atoms with Crippen molar-refractivity contribution in [3.8, 4) is 11.3 Å². The lowest BCUT2D eigenvalue weighted by Crippen LogP contribution is -2.19. The predicted molar refractivity (Wildman–Crippen MR) is 96.4 cm³/mol. The maximum absolute atomic E-state index is 13.1. The molecule has 0 atom stereocenters. The fourth-order valence-electron chi connectivity index (χ4n) is 2.51. The maximum Gasteiger partial charge on any atom is 0.406 e. The largest absolute Gasteiger partial charge is 0.406 e. The van der Waals surface area contributed by atoms with Crippen LogP contribution in [-0.4, -0.2) is 20.7 Å². The number of imidazole rings is 1. The first-order valence-electron chi connectivity index (χ1n) is 7.87. The van der Waals surface area contributed by atoms with E-state index in [-0.39, 0.29) is 10.8 Å². The lowest BCUT2D eigenvalue weighted by molar-refractivity contribution is -0.384. The van der Waals surface area contributed by atoms with E-state index in [0.29, 0.717) is 17.0 Å². The Hall–Kier alpha value is -2.81. The SMILES string of the molecule is O=[N+]([O-])c1ccc(CSc2ncc(-c3ccccc3)n2CC(F)(F)F)cc1. The van der Waals surface area contributed by atoms with Crippen LogP contribution in [-0.2, 0) is 12.3 Å². The number of benzene rings is 2. The van der Waals surface area contributed by atoms with Crippen molar-refractivity contribution in [2.45, 2.75) is 23.6 Å². The van der Waals surface area contributed by atoms with E-state index in [4.69, 9.17) is 0 Å². The van der Waals surface area contributed by atoms with Gasteiger partial charge in [-0.15, -0.1) is 0 Å². The monoisotopic (exact) mass is 393 g/mol. The highest BCUT2D eigenvalue weighted by molar-refractivity contribution is 7.98. The van der Waals surface area contributed by atoms with Gasteiger partial charge in [-0.25, -0.2) is 4.98 Å². The Morgan fingerprint density at radius 1 is 1.07 bits per heavy atom. The fraction of sp³-hybridized carbons (Fsp3) is 0.167. The van der Waals surface area contributed by atoms with Crippen LogP contribution >= 0.6 is 11.8 Å². The summed E-state index contributed by atoms with van der Waals surface area (Å²) in [5.74, 6) is 0.348. The highest BCUT2D eigenvalue weighted by Crippen LogP contribution is 2.31. The van der Waals surface area contributed by atoms with Gasteiger partial charge in [0.15, 0.2) is 5.16 Å². The lowest BCUT2D eigenvalue weighted by Gasteiger charge is -2.14. The summed E-state index contributed by atoms with van der Waals surface area (Å²) in [6, 6.07) is 14.7. The number of nitro benzene ring substituents is 1. The number of non-ortho nitro benzene ring substituents is 1. The minimum Gasteiger partial charge on any atom is -0.310 e. The van der Waals surface area contributed by atoms with Crippen molar-refractivity contribution in [3.63, 3.8) is 0 Å². The third-order valence-corrected chi connectivity index (χ3v) is 4.80. The van der Waals surface area contributed by atoms with Gasteiger partial charge in [0.05, 0.1) is 16.8 Å². The summed E-state index contributed by atoms with van der Waals surface area (Å²) in [5, 5.41) is 10.9. The van der Waals surface area contributed by atoms with E-state index in [0.717, 1.165) is 21.9 Å². The zero-order chi connectivity index (χ0) is 19.4. The van der Waals surface area contributed by atoms with Gasteiger partial charge < -0.3 is 4.57 Å². The molecule has 0 radical (unpaired) electrons. The minimum atomic E-state index is -4.38. The molecule has 0 aliphatic rings. The first kappa shape index (κ1) is 19.0. The van der Waals surface area contributed by atoms with E-state index < -0.39 is 17.6 Å². The van der Waals surface area contributed by atoms with E-state index in [2.05, 4.69) is 4.98 Å². The highest BCUT2D eigenvalue weighted by atomic mass is 32.2. The van der Waals surface area contributed by atoms with Gasteiger partial charge >= 0.3 is 6.18 Å². The van der Waals surface area contributed by atoms with E-state index in [1.807, 2.05) is 0 Å². The van der Waals surface area contributed by atoms with Gasteiger partial charge in [0.1, 0.15) is 6.54 Å². The molecule has 3 rings (SSSR count). The normalized spacial score (nSPS) is 11.5. The molecule has 0 fully saturated rings. The van der Waals surface area contributed by atoms with Crippen LogP contribution in [0.25, 0.3) is 11.3 Å². The quantitative estimate of drug-likeness (QED) is 0.323. The van der Waals surface area contributed by atoms with Crippen LogP contribution in [0.3, 0.4) is 0 Å². The van der Waals surface area contributed by atoms with Gasteiger partial charge in [-0.1, -0.05) is 54.2 Å². The van der Waals surface area contributed by atoms with Gasteiger partial charge in [0, 0.05) is 17.9 Å². The second-order valence-electron chi connectivity index (χ2n) is 5.71. The van der Waals surface area contributed by atoms with E-state index in [9.17, 15) is 23.3 Å². The number of hydrogen-bond acceptors (Lipinski definition) is 4. The van der Waals surface area contributed by atoms with Crippen LogP contribution in [0.1, 0.15) is 5.56 Å². The van der Waals surface area contributed by atoms with Crippen molar-refractivity contribution in [2.24, 2.45) is 0 Å². The van der Waals surface area contributed by atoms with Crippen LogP contribution in [0.15, 0.2) is 66.0 Å². The summed E-state index contributed by atoms with van der Waals surface area (Å²) in [7, 11) is 0. The number of thioether (sulfide) groups is 1. The Labute approximate surface area is 157 Å². The number of alkyl halides is 3. The van der Waals surface area contributed by atoms with Crippen molar-refractivity contribution < 1.29 is 18.1 Å². The molecule has 1 heterocycles. The highest BCUT2D eigenvalue weighted by Gasteiger charge is 2.30. The number of nitrogens with zero attached hydrogens (tertiary/aromatic N) is 3. The first-order chi connectivity index (χ1) is 12.8. The van der Waals surface area contributed by atoms with Crippen LogP contribution in [0.4, 0.5) is 18.9 Å². The molecule has 5 nitrogen and oxygen atoms in total. The third kappa shape index (κ3) is 4.88. The zero-order valence-corrected chi connectivity index (χ0v) is 14.7. The summed E-state index contributed by atoms with van der Waals surface area (Å²) in [4.78, 5) is 14.3. The van der Waals surface area contributed by atoms with E-state index in [1.54, 1.807) is 42.5 Å². The third-order valence-electron chi connectivity index (χ3n) is 3.74. The molecular weight excluding hydrogens is 379 g/mol. The van der Waals surface area contributed by atoms with Crippen molar-refractivity contribution in [1.82, 2.24) is 9.55 Å². The summed E-state index contributed by atoms with van der Waals surface area (Å²) in [6.07, 6.45) is -2.95. The average molecular weight is 393 g/mol. The molecule has 140 valence electrons. The molecule has 2 aromatic carbocycles. The Morgan fingerprint density at radius 2 is 1.74 bits per heavy atom. The Balaban J connectivity index is 1.84. The molecule has 3 aromatic rings. The molecule has 0 aliphatic heterocycles. The predicted octanol–water partition coefficient (Wildman–Crippen LogP) is 5.31. The van der Waals surface area contributed by atoms with Gasteiger partial charge in [-0.2, -0.15) is 13.2 Å². The Kier molecular flexibility index (Phi) is 5.50. The molecule has 0 saturated carbocycles. The van der Waals surface area contributed by atoms with Gasteiger partial charge in [0.25, 0.3) is 5.69 Å². The smallest absolute Gasteiger partial charge is 0.310 e. The zero-order valence-electron chi connectivity index (χ0n) is 13.9. The molecule has 9 heteroatoms.